The van der Waals surface area contributed by atoms with Crippen LogP contribution in [0.15, 0.2) is 45.9 Å². The summed E-state index contributed by atoms with van der Waals surface area (Å²) in [6, 6.07) is 3.66. The number of aliphatic hydroxyl groups is 1. The normalized spacial score (nSPS) is 18.4. The highest BCUT2D eigenvalue weighted by Gasteiger charge is 2.27. The summed E-state index contributed by atoms with van der Waals surface area (Å²) in [6.07, 6.45) is 9.11. The zero-order chi connectivity index (χ0) is 18.2. The molecule has 2 rings (SSSR count). The van der Waals surface area contributed by atoms with E-state index in [4.69, 9.17) is 14.2 Å². The molecule has 0 radical (unpaired) electrons. The van der Waals surface area contributed by atoms with Crippen LogP contribution in [-0.4, -0.2) is 23.4 Å². The molecule has 1 aliphatic rings. The molecule has 0 bridgehead atoms. The predicted molar refractivity (Wildman–Crippen MR) is 102 cm³/mol. The molecule has 0 aromatic carbocycles. The van der Waals surface area contributed by atoms with Gasteiger partial charge in [-0.05, 0) is 55.0 Å². The molecule has 0 saturated carbocycles. The van der Waals surface area contributed by atoms with Crippen molar-refractivity contribution in [2.75, 3.05) is 0 Å². The van der Waals surface area contributed by atoms with Crippen LogP contribution in [0.3, 0.4) is 0 Å². The maximum Gasteiger partial charge on any atom is 0.458 e. The minimum atomic E-state index is -0.727. The molecule has 1 aromatic heterocycles. The Morgan fingerprint density at radius 2 is 2.16 bits per heavy atom. The summed E-state index contributed by atoms with van der Waals surface area (Å²) in [5.74, 6) is 1.33. The van der Waals surface area contributed by atoms with Crippen LogP contribution in [0, 0.1) is 0 Å². The highest BCUT2D eigenvalue weighted by molar-refractivity contribution is 6.43. The maximum absolute atomic E-state index is 9.85. The van der Waals surface area contributed by atoms with E-state index in [-0.39, 0.29) is 12.7 Å². The summed E-state index contributed by atoms with van der Waals surface area (Å²) in [7, 11) is -0.727. The molecule has 25 heavy (non-hydrogen) atoms. The second kappa shape index (κ2) is 9.81. The van der Waals surface area contributed by atoms with E-state index in [9.17, 15) is 5.02 Å². The summed E-state index contributed by atoms with van der Waals surface area (Å²) in [4.78, 5) is 0. The number of hydrogen-bond donors (Lipinski definition) is 2. The van der Waals surface area contributed by atoms with Crippen LogP contribution >= 0.6 is 0 Å². The molecule has 0 aliphatic carbocycles. The number of allylic oxidation sites excluding steroid dienone is 2. The Hall–Kier alpha value is -1.56. The zero-order valence-electron chi connectivity index (χ0n) is 15.3. The lowest BCUT2D eigenvalue weighted by atomic mass is 9.77. The van der Waals surface area contributed by atoms with Gasteiger partial charge < -0.3 is 19.2 Å². The van der Waals surface area contributed by atoms with Crippen molar-refractivity contribution in [2.45, 2.75) is 65.0 Å². The van der Waals surface area contributed by atoms with Gasteiger partial charge in [0.25, 0.3) is 0 Å². The monoisotopic (exact) mass is 344 g/mol. The smallest absolute Gasteiger partial charge is 0.458 e. The fourth-order valence-corrected chi connectivity index (χ4v) is 3.15. The van der Waals surface area contributed by atoms with Gasteiger partial charge in [0.05, 0.1) is 6.10 Å². The zero-order valence-corrected chi connectivity index (χ0v) is 15.3. The van der Waals surface area contributed by atoms with Crippen LogP contribution < -0.4 is 0 Å². The van der Waals surface area contributed by atoms with Gasteiger partial charge in [-0.2, -0.15) is 0 Å². The van der Waals surface area contributed by atoms with Crippen molar-refractivity contribution in [3.05, 3.63) is 53.0 Å². The third kappa shape index (κ3) is 5.74. The van der Waals surface area contributed by atoms with Crippen LogP contribution in [0.2, 0.25) is 6.32 Å². The largest absolute Gasteiger partial charge is 0.459 e. The molecule has 136 valence electrons. The quantitative estimate of drug-likeness (QED) is 0.647. The fourth-order valence-electron chi connectivity index (χ4n) is 3.15. The lowest BCUT2D eigenvalue weighted by Gasteiger charge is -2.28. The van der Waals surface area contributed by atoms with E-state index in [1.807, 2.05) is 12.1 Å². The van der Waals surface area contributed by atoms with Gasteiger partial charge in [0.1, 0.15) is 18.1 Å². The molecule has 0 saturated heterocycles. The maximum atomic E-state index is 9.85. The van der Waals surface area contributed by atoms with Crippen LogP contribution in [0.1, 0.15) is 57.5 Å². The van der Waals surface area contributed by atoms with E-state index in [0.717, 1.165) is 49.0 Å². The van der Waals surface area contributed by atoms with Gasteiger partial charge in [-0.25, -0.2) is 0 Å². The topological polar surface area (TPSA) is 62.8 Å². The predicted octanol–water partition coefficient (Wildman–Crippen LogP) is 4.51. The Balaban J connectivity index is 2.03. The number of aliphatic hydroxyl groups excluding tert-OH is 1. The number of hydrogen-bond acceptors (Lipinski definition) is 4. The fraction of sp³-hybridized carbons (Fsp3) is 0.500. The molecule has 0 amide bonds. The van der Waals surface area contributed by atoms with E-state index in [0.29, 0.717) is 12.1 Å². The lowest BCUT2D eigenvalue weighted by molar-refractivity contribution is 0.182. The highest BCUT2D eigenvalue weighted by Crippen LogP contribution is 2.30. The van der Waals surface area contributed by atoms with Crippen molar-refractivity contribution >= 4 is 13.2 Å². The van der Waals surface area contributed by atoms with Gasteiger partial charge in [0.15, 0.2) is 0 Å². The summed E-state index contributed by atoms with van der Waals surface area (Å²) in [5, 5.41) is 18.9. The third-order valence-corrected chi connectivity index (χ3v) is 4.53. The first-order valence-electron chi connectivity index (χ1n) is 9.18. The van der Waals surface area contributed by atoms with E-state index in [2.05, 4.69) is 26.5 Å². The molecule has 0 fully saturated rings. The summed E-state index contributed by atoms with van der Waals surface area (Å²) >= 11 is 0. The van der Waals surface area contributed by atoms with Crippen molar-refractivity contribution in [1.82, 2.24) is 0 Å². The van der Waals surface area contributed by atoms with Gasteiger partial charge in [-0.15, -0.1) is 0 Å². The Bertz CT molecular complexity index is 629. The SMILES string of the molecule is C=C(CCC)C1=CCB(O)OC1CC/C(=C/c1ccc(CO)o1)CC. The second-order valence-electron chi connectivity index (χ2n) is 6.49. The first-order chi connectivity index (χ1) is 12.1. The number of furan rings is 1. The molecule has 0 spiro atoms. The summed E-state index contributed by atoms with van der Waals surface area (Å²) in [6.45, 7) is 8.36. The average molecular weight is 344 g/mol. The van der Waals surface area contributed by atoms with E-state index in [1.54, 1.807) is 6.07 Å². The Kier molecular flexibility index (Phi) is 7.75. The standard InChI is InChI=1S/C20H29BO4/c1-4-6-15(3)19-11-12-21(23)25-20(19)10-7-16(5-2)13-17-8-9-18(14-22)24-17/h8-9,11,13,20,22-23H,3-7,10,12,14H2,1-2H3/b16-13+. The molecule has 5 heteroatoms. The van der Waals surface area contributed by atoms with Crippen LogP contribution in [0.25, 0.3) is 6.08 Å². The first kappa shape index (κ1) is 19.8. The summed E-state index contributed by atoms with van der Waals surface area (Å²) in [5.41, 5.74) is 3.51. The average Bonchev–Trinajstić information content (AvgIpc) is 3.06. The van der Waals surface area contributed by atoms with Gasteiger partial charge in [0, 0.05) is 6.32 Å². The van der Waals surface area contributed by atoms with Crippen molar-refractivity contribution in [2.24, 2.45) is 0 Å². The molecule has 1 aromatic rings. The molecule has 4 nitrogen and oxygen atoms in total. The van der Waals surface area contributed by atoms with Crippen LogP contribution in [-0.2, 0) is 11.3 Å². The van der Waals surface area contributed by atoms with Gasteiger partial charge in [0.2, 0.25) is 0 Å². The third-order valence-electron chi connectivity index (χ3n) is 4.53. The Labute approximate surface area is 151 Å². The van der Waals surface area contributed by atoms with Crippen molar-refractivity contribution in [3.63, 3.8) is 0 Å². The van der Waals surface area contributed by atoms with Crippen molar-refractivity contribution < 1.29 is 19.2 Å². The van der Waals surface area contributed by atoms with Gasteiger partial charge in [-0.3, -0.25) is 0 Å². The van der Waals surface area contributed by atoms with E-state index < -0.39 is 7.12 Å². The Morgan fingerprint density at radius 3 is 2.80 bits per heavy atom. The molecular weight excluding hydrogens is 315 g/mol. The van der Waals surface area contributed by atoms with Gasteiger partial charge >= 0.3 is 7.12 Å². The van der Waals surface area contributed by atoms with Crippen LogP contribution in [0.5, 0.6) is 0 Å². The Morgan fingerprint density at radius 1 is 1.36 bits per heavy atom. The van der Waals surface area contributed by atoms with Crippen molar-refractivity contribution in [1.29, 1.82) is 0 Å². The van der Waals surface area contributed by atoms with Crippen LogP contribution in [0.4, 0.5) is 0 Å². The highest BCUT2D eigenvalue weighted by atomic mass is 16.5. The molecule has 1 unspecified atom stereocenters. The second-order valence-corrected chi connectivity index (χ2v) is 6.49. The minimum Gasteiger partial charge on any atom is -0.459 e. The molecule has 2 N–H and O–H groups in total. The molecule has 2 heterocycles. The molecule has 1 aliphatic heterocycles. The van der Waals surface area contributed by atoms with E-state index >= 15 is 0 Å². The van der Waals surface area contributed by atoms with E-state index in [1.165, 1.54) is 5.57 Å². The van der Waals surface area contributed by atoms with Gasteiger partial charge in [-0.1, -0.05) is 38.5 Å². The number of rotatable bonds is 9. The first-order valence-corrected chi connectivity index (χ1v) is 9.18. The lowest BCUT2D eigenvalue weighted by Crippen LogP contribution is -2.31. The van der Waals surface area contributed by atoms with Crippen molar-refractivity contribution in [3.8, 4) is 0 Å². The summed E-state index contributed by atoms with van der Waals surface area (Å²) < 4.78 is 11.3. The molecule has 1 atom stereocenters. The molecular formula is C20H29BO4. The minimum absolute atomic E-state index is 0.0865.